The fourth-order valence-corrected chi connectivity index (χ4v) is 4.35. The third-order valence-electron chi connectivity index (χ3n) is 4.47. The van der Waals surface area contributed by atoms with E-state index in [1.165, 1.54) is 0 Å². The number of hydrogen-bond donors (Lipinski definition) is 0. The molecule has 16 heavy (non-hydrogen) atoms. The van der Waals surface area contributed by atoms with Gasteiger partial charge in [-0.2, -0.15) is 0 Å². The minimum absolute atomic E-state index is 0.394. The van der Waals surface area contributed by atoms with Crippen molar-refractivity contribution in [1.82, 2.24) is 0 Å². The van der Waals surface area contributed by atoms with E-state index in [1.54, 1.807) is 10.9 Å². The molecule has 1 aliphatic heterocycles. The van der Waals surface area contributed by atoms with Crippen LogP contribution >= 0.6 is 0 Å². The fourth-order valence-electron chi connectivity index (χ4n) is 4.35. The van der Waals surface area contributed by atoms with Gasteiger partial charge in [-0.15, -0.1) is 10.9 Å². The van der Waals surface area contributed by atoms with E-state index < -0.39 is 0 Å². The molecule has 1 heterocycles. The lowest BCUT2D eigenvalue weighted by atomic mass is 9.15. The first-order valence-corrected chi connectivity index (χ1v) is 6.65. The Morgan fingerprint density at radius 2 is 1.00 bits per heavy atom. The molecule has 0 saturated heterocycles. The molecule has 0 bridgehead atoms. The van der Waals surface area contributed by atoms with Crippen molar-refractivity contribution in [1.29, 1.82) is 0 Å². The molecule has 0 N–H and O–H groups in total. The Morgan fingerprint density at radius 3 is 1.12 bits per heavy atom. The van der Waals surface area contributed by atoms with E-state index in [4.69, 9.17) is 0 Å². The van der Waals surface area contributed by atoms with Gasteiger partial charge in [0.15, 0.2) is 13.4 Å². The minimum atomic E-state index is 0.394. The lowest BCUT2D eigenvalue weighted by molar-refractivity contribution is 0.715. The SMILES string of the molecule is CC1=C(C)B(C(C)(C)C)C(C)B1C(C)(C)C. The summed E-state index contributed by atoms with van der Waals surface area (Å²) >= 11 is 0. The highest BCUT2D eigenvalue weighted by Gasteiger charge is 2.50. The van der Waals surface area contributed by atoms with Crippen molar-refractivity contribution in [2.45, 2.75) is 78.7 Å². The van der Waals surface area contributed by atoms with Gasteiger partial charge in [-0.25, -0.2) is 0 Å². The summed E-state index contributed by atoms with van der Waals surface area (Å²) in [5.74, 6) is 0. The van der Waals surface area contributed by atoms with Gasteiger partial charge in [0, 0.05) is 0 Å². The summed E-state index contributed by atoms with van der Waals surface area (Å²) in [6.07, 6.45) is 0. The third kappa shape index (κ3) is 2.26. The molecule has 0 aromatic rings. The predicted molar refractivity (Wildman–Crippen MR) is 78.7 cm³/mol. The van der Waals surface area contributed by atoms with Crippen LogP contribution < -0.4 is 0 Å². The van der Waals surface area contributed by atoms with Crippen LogP contribution in [0.5, 0.6) is 0 Å². The molecule has 0 aliphatic carbocycles. The molecule has 0 saturated carbocycles. The molecule has 90 valence electrons. The molecule has 1 rings (SSSR count). The van der Waals surface area contributed by atoms with Crippen LogP contribution in [0.3, 0.4) is 0 Å². The maximum absolute atomic E-state index is 2.45. The summed E-state index contributed by atoms with van der Waals surface area (Å²) in [5.41, 5.74) is 4.08. The van der Waals surface area contributed by atoms with E-state index in [-0.39, 0.29) is 0 Å². The van der Waals surface area contributed by atoms with Crippen molar-refractivity contribution in [3.05, 3.63) is 10.9 Å². The van der Waals surface area contributed by atoms with Crippen LogP contribution in [0, 0.1) is 0 Å². The largest absolute Gasteiger partial charge is 0.170 e. The molecule has 0 spiro atoms. The lowest BCUT2D eigenvalue weighted by Gasteiger charge is -2.35. The molecule has 0 aromatic carbocycles. The van der Waals surface area contributed by atoms with Crippen molar-refractivity contribution < 1.29 is 0 Å². The Morgan fingerprint density at radius 1 is 0.750 bits per heavy atom. The summed E-state index contributed by atoms with van der Waals surface area (Å²) in [6, 6.07) is 0. The van der Waals surface area contributed by atoms with Gasteiger partial charge in [0.1, 0.15) is 0 Å². The zero-order chi connectivity index (χ0) is 12.9. The van der Waals surface area contributed by atoms with E-state index in [0.29, 0.717) is 10.6 Å². The minimum Gasteiger partial charge on any atom is -0.113 e. The predicted octanol–water partition coefficient (Wildman–Crippen LogP) is 4.93. The summed E-state index contributed by atoms with van der Waals surface area (Å²) < 4.78 is 0. The molecule has 0 atom stereocenters. The van der Waals surface area contributed by atoms with E-state index >= 15 is 0 Å². The third-order valence-corrected chi connectivity index (χ3v) is 4.47. The van der Waals surface area contributed by atoms with E-state index in [0.717, 1.165) is 19.1 Å². The number of hydrogen-bond acceptors (Lipinski definition) is 0. The summed E-state index contributed by atoms with van der Waals surface area (Å²) in [4.78, 5) is 0. The lowest BCUT2D eigenvalue weighted by Crippen LogP contribution is -2.37. The second kappa shape index (κ2) is 3.96. The van der Waals surface area contributed by atoms with Crippen LogP contribution in [-0.2, 0) is 0 Å². The van der Waals surface area contributed by atoms with Crippen LogP contribution in [0.2, 0.25) is 16.3 Å². The Kier molecular flexibility index (Phi) is 3.45. The zero-order valence-electron chi connectivity index (χ0n) is 12.7. The molecule has 0 fully saturated rings. The van der Waals surface area contributed by atoms with Gasteiger partial charge < -0.3 is 0 Å². The monoisotopic (exact) mass is 218 g/mol. The normalized spacial score (nSPS) is 20.1. The van der Waals surface area contributed by atoms with Crippen molar-refractivity contribution in [3.63, 3.8) is 0 Å². The molecule has 0 unspecified atom stereocenters. The highest BCUT2D eigenvalue weighted by molar-refractivity contribution is 6.94. The summed E-state index contributed by atoms with van der Waals surface area (Å²) in [7, 11) is 0. The number of rotatable bonds is 0. The molecular formula is C14H28B2. The second-order valence-electron chi connectivity index (χ2n) is 7.91. The average Bonchev–Trinajstić information content (AvgIpc) is 2.19. The summed E-state index contributed by atoms with van der Waals surface area (Å²) in [5, 5.41) is 0.787. The van der Waals surface area contributed by atoms with Crippen molar-refractivity contribution in [3.8, 4) is 0 Å². The van der Waals surface area contributed by atoms with Crippen molar-refractivity contribution in [2.75, 3.05) is 0 Å². The van der Waals surface area contributed by atoms with Crippen LogP contribution in [0.25, 0.3) is 0 Å². The Balaban J connectivity index is 3.16. The standard InChI is InChI=1S/C14H28B2/c1-10-11(2)16(14(7,8)9)12(3)15(10)13(4,5)6/h12H,1-9H3. The van der Waals surface area contributed by atoms with Crippen LogP contribution in [-0.4, -0.2) is 13.4 Å². The summed E-state index contributed by atoms with van der Waals surface area (Å²) in [6.45, 7) is 23.0. The van der Waals surface area contributed by atoms with Gasteiger partial charge in [0.2, 0.25) is 0 Å². The molecule has 2 heteroatoms. The second-order valence-corrected chi connectivity index (χ2v) is 7.91. The van der Waals surface area contributed by atoms with E-state index in [9.17, 15) is 0 Å². The van der Waals surface area contributed by atoms with Crippen LogP contribution in [0.4, 0.5) is 0 Å². The van der Waals surface area contributed by atoms with Gasteiger partial charge in [0.05, 0.1) is 0 Å². The average molecular weight is 218 g/mol. The van der Waals surface area contributed by atoms with E-state index in [1.807, 2.05) is 0 Å². The first kappa shape index (κ1) is 13.9. The van der Waals surface area contributed by atoms with Gasteiger partial charge in [-0.3, -0.25) is 0 Å². The highest BCUT2D eigenvalue weighted by atomic mass is 14.2. The van der Waals surface area contributed by atoms with Crippen LogP contribution in [0.15, 0.2) is 10.9 Å². The first-order chi connectivity index (χ1) is 6.98. The topological polar surface area (TPSA) is 0 Å². The Labute approximate surface area is 103 Å². The van der Waals surface area contributed by atoms with Gasteiger partial charge >= 0.3 is 0 Å². The molecule has 0 radical (unpaired) electrons. The van der Waals surface area contributed by atoms with Gasteiger partial charge in [0.25, 0.3) is 0 Å². The maximum Gasteiger partial charge on any atom is 0.170 e. The zero-order valence-corrected chi connectivity index (χ0v) is 12.7. The maximum atomic E-state index is 2.45. The quantitative estimate of drug-likeness (QED) is 0.505. The molecule has 0 aromatic heterocycles. The Bertz CT molecular complexity index is 272. The molecule has 0 nitrogen and oxygen atoms in total. The highest BCUT2D eigenvalue weighted by Crippen LogP contribution is 2.51. The van der Waals surface area contributed by atoms with Crippen LogP contribution in [0.1, 0.15) is 62.3 Å². The first-order valence-electron chi connectivity index (χ1n) is 6.65. The molecular weight excluding hydrogens is 190 g/mol. The van der Waals surface area contributed by atoms with Gasteiger partial charge in [-0.05, 0) is 0 Å². The number of allylic oxidation sites excluding steroid dienone is 2. The molecule has 1 aliphatic rings. The Hall–Kier alpha value is -0.130. The van der Waals surface area contributed by atoms with E-state index in [2.05, 4.69) is 62.3 Å². The van der Waals surface area contributed by atoms with Crippen molar-refractivity contribution >= 4 is 13.4 Å². The van der Waals surface area contributed by atoms with Gasteiger partial charge in [-0.1, -0.05) is 78.7 Å². The molecule has 0 amide bonds. The fraction of sp³-hybridized carbons (Fsp3) is 0.857. The smallest absolute Gasteiger partial charge is 0.113 e. The van der Waals surface area contributed by atoms with Crippen molar-refractivity contribution in [2.24, 2.45) is 0 Å².